The van der Waals surface area contributed by atoms with Crippen LogP contribution in [-0.4, -0.2) is 28.8 Å². The molecule has 2 heterocycles. The molecule has 0 saturated carbocycles. The Bertz CT molecular complexity index is 841. The average molecular weight is 369 g/mol. The van der Waals surface area contributed by atoms with Crippen molar-refractivity contribution in [3.05, 3.63) is 40.7 Å². The number of pyridine rings is 2. The summed E-state index contributed by atoms with van der Waals surface area (Å²) in [6.45, 7) is 9.59. The lowest BCUT2D eigenvalue weighted by atomic mass is 9.95. The van der Waals surface area contributed by atoms with Gasteiger partial charge < -0.3 is 16.0 Å². The third-order valence-corrected chi connectivity index (χ3v) is 3.93. The van der Waals surface area contributed by atoms with Gasteiger partial charge in [-0.1, -0.05) is 13.8 Å². The fourth-order valence-electron chi connectivity index (χ4n) is 2.85. The molecule has 144 valence electrons. The summed E-state index contributed by atoms with van der Waals surface area (Å²) < 4.78 is 0. The SMILES string of the molecule is CNc1nc(NNC(=O)Nc2cc(C)nc(C)c2)cc(C(C)C)c1C(C)=N. The number of carbonyl (C=O) groups excluding carboxylic acids is 1. The van der Waals surface area contributed by atoms with Crippen LogP contribution in [0, 0.1) is 19.3 Å². The van der Waals surface area contributed by atoms with Gasteiger partial charge in [0, 0.05) is 35.4 Å². The van der Waals surface area contributed by atoms with Crippen LogP contribution in [0.3, 0.4) is 0 Å². The van der Waals surface area contributed by atoms with Gasteiger partial charge in [-0.05, 0) is 50.5 Å². The maximum atomic E-state index is 12.2. The summed E-state index contributed by atoms with van der Waals surface area (Å²) in [5.74, 6) is 1.29. The van der Waals surface area contributed by atoms with Crippen molar-refractivity contribution < 1.29 is 4.79 Å². The van der Waals surface area contributed by atoms with Crippen LogP contribution in [-0.2, 0) is 0 Å². The Morgan fingerprint density at radius 3 is 2.26 bits per heavy atom. The second-order valence-corrected chi connectivity index (χ2v) is 6.69. The zero-order chi connectivity index (χ0) is 20.1. The van der Waals surface area contributed by atoms with Gasteiger partial charge in [-0.2, -0.15) is 0 Å². The molecule has 0 bridgehead atoms. The van der Waals surface area contributed by atoms with E-state index in [-0.39, 0.29) is 5.92 Å². The van der Waals surface area contributed by atoms with E-state index in [2.05, 4.69) is 45.3 Å². The first-order chi connectivity index (χ1) is 12.7. The molecular formula is C19H27N7O. The lowest BCUT2D eigenvalue weighted by Crippen LogP contribution is -2.34. The van der Waals surface area contributed by atoms with Crippen LogP contribution in [0.1, 0.15) is 49.2 Å². The number of amides is 2. The molecule has 0 fully saturated rings. The van der Waals surface area contributed by atoms with Crippen LogP contribution >= 0.6 is 0 Å². The third kappa shape index (κ3) is 5.16. The molecule has 8 heteroatoms. The molecule has 2 aromatic heterocycles. The Labute approximate surface area is 159 Å². The predicted molar refractivity (Wildman–Crippen MR) is 110 cm³/mol. The van der Waals surface area contributed by atoms with Gasteiger partial charge in [-0.25, -0.2) is 9.78 Å². The van der Waals surface area contributed by atoms with Crippen molar-refractivity contribution in [2.75, 3.05) is 23.1 Å². The summed E-state index contributed by atoms with van der Waals surface area (Å²) in [5.41, 5.74) is 9.95. The first-order valence-corrected chi connectivity index (χ1v) is 8.77. The molecule has 2 rings (SSSR count). The molecular weight excluding hydrogens is 342 g/mol. The lowest BCUT2D eigenvalue weighted by Gasteiger charge is -2.18. The average Bonchev–Trinajstić information content (AvgIpc) is 2.57. The Morgan fingerprint density at radius 1 is 1.11 bits per heavy atom. The van der Waals surface area contributed by atoms with Crippen LogP contribution in [0.25, 0.3) is 0 Å². The Morgan fingerprint density at radius 2 is 1.74 bits per heavy atom. The zero-order valence-corrected chi connectivity index (χ0v) is 16.6. The second-order valence-electron chi connectivity index (χ2n) is 6.69. The fraction of sp³-hybridized carbons (Fsp3) is 0.368. The molecule has 0 aliphatic rings. The van der Waals surface area contributed by atoms with E-state index in [4.69, 9.17) is 5.41 Å². The Balaban J connectivity index is 2.16. The van der Waals surface area contributed by atoms with Gasteiger partial charge >= 0.3 is 6.03 Å². The number of nitrogens with one attached hydrogen (secondary N) is 5. The van der Waals surface area contributed by atoms with Gasteiger partial charge in [0.25, 0.3) is 0 Å². The molecule has 2 amide bonds. The number of rotatable bonds is 6. The van der Waals surface area contributed by atoms with E-state index in [9.17, 15) is 4.79 Å². The number of urea groups is 1. The van der Waals surface area contributed by atoms with Crippen molar-refractivity contribution >= 4 is 29.1 Å². The highest BCUT2D eigenvalue weighted by Crippen LogP contribution is 2.28. The molecule has 0 atom stereocenters. The number of anilines is 3. The summed E-state index contributed by atoms with van der Waals surface area (Å²) in [7, 11) is 1.76. The topological polar surface area (TPSA) is 115 Å². The number of aryl methyl sites for hydroxylation is 2. The number of aromatic nitrogens is 2. The van der Waals surface area contributed by atoms with E-state index < -0.39 is 6.03 Å². The summed E-state index contributed by atoms with van der Waals surface area (Å²) in [6, 6.07) is 5.02. The number of hydrogen-bond donors (Lipinski definition) is 5. The molecule has 0 unspecified atom stereocenters. The molecule has 0 aliphatic carbocycles. The summed E-state index contributed by atoms with van der Waals surface area (Å²) in [5, 5.41) is 13.8. The van der Waals surface area contributed by atoms with Crippen molar-refractivity contribution in [2.45, 2.75) is 40.5 Å². The number of hydrogen-bond acceptors (Lipinski definition) is 6. The van der Waals surface area contributed by atoms with E-state index in [1.807, 2.05) is 19.9 Å². The number of hydrazine groups is 1. The molecule has 0 aliphatic heterocycles. The zero-order valence-electron chi connectivity index (χ0n) is 16.6. The molecule has 8 nitrogen and oxygen atoms in total. The van der Waals surface area contributed by atoms with Gasteiger partial charge in [0.1, 0.15) is 11.6 Å². The maximum Gasteiger partial charge on any atom is 0.337 e. The molecule has 27 heavy (non-hydrogen) atoms. The van der Waals surface area contributed by atoms with E-state index in [1.54, 1.807) is 26.1 Å². The minimum atomic E-state index is -0.411. The van der Waals surface area contributed by atoms with Crippen LogP contribution in [0.2, 0.25) is 0 Å². The minimum absolute atomic E-state index is 0.201. The van der Waals surface area contributed by atoms with Crippen LogP contribution in [0.15, 0.2) is 18.2 Å². The molecule has 0 aromatic carbocycles. The smallest absolute Gasteiger partial charge is 0.337 e. The summed E-state index contributed by atoms with van der Waals surface area (Å²) in [6.07, 6.45) is 0. The number of nitrogens with zero attached hydrogens (tertiary/aromatic N) is 2. The second kappa shape index (κ2) is 8.48. The largest absolute Gasteiger partial charge is 0.373 e. The van der Waals surface area contributed by atoms with Gasteiger partial charge in [0.2, 0.25) is 0 Å². The first-order valence-electron chi connectivity index (χ1n) is 8.77. The van der Waals surface area contributed by atoms with Crippen molar-refractivity contribution in [3.63, 3.8) is 0 Å². The fourth-order valence-corrected chi connectivity index (χ4v) is 2.85. The molecule has 0 radical (unpaired) electrons. The van der Waals surface area contributed by atoms with Crippen LogP contribution in [0.5, 0.6) is 0 Å². The molecule has 5 N–H and O–H groups in total. The van der Waals surface area contributed by atoms with Crippen molar-refractivity contribution in [1.82, 2.24) is 15.4 Å². The molecule has 0 saturated heterocycles. The van der Waals surface area contributed by atoms with E-state index >= 15 is 0 Å². The maximum absolute atomic E-state index is 12.2. The van der Waals surface area contributed by atoms with E-state index in [0.29, 0.717) is 23.0 Å². The van der Waals surface area contributed by atoms with Gasteiger partial charge in [0.05, 0.1) is 0 Å². The quantitative estimate of drug-likeness (QED) is 0.392. The Hall–Kier alpha value is -3.16. The highest BCUT2D eigenvalue weighted by molar-refractivity contribution is 6.02. The van der Waals surface area contributed by atoms with Gasteiger partial charge in [0.15, 0.2) is 0 Å². The normalized spacial score (nSPS) is 10.5. The van der Waals surface area contributed by atoms with Gasteiger partial charge in [-0.15, -0.1) is 0 Å². The van der Waals surface area contributed by atoms with Crippen LogP contribution in [0.4, 0.5) is 22.1 Å². The molecule has 2 aromatic rings. The van der Waals surface area contributed by atoms with Crippen molar-refractivity contribution in [1.29, 1.82) is 5.41 Å². The van der Waals surface area contributed by atoms with Gasteiger partial charge in [-0.3, -0.25) is 15.8 Å². The summed E-state index contributed by atoms with van der Waals surface area (Å²) >= 11 is 0. The van der Waals surface area contributed by atoms with E-state index in [0.717, 1.165) is 22.5 Å². The summed E-state index contributed by atoms with van der Waals surface area (Å²) in [4.78, 5) is 20.9. The highest BCUT2D eigenvalue weighted by atomic mass is 16.2. The van der Waals surface area contributed by atoms with Crippen molar-refractivity contribution in [2.24, 2.45) is 0 Å². The minimum Gasteiger partial charge on any atom is -0.373 e. The van der Waals surface area contributed by atoms with E-state index in [1.165, 1.54) is 0 Å². The standard InChI is InChI=1S/C19H27N7O/c1-10(2)15-9-16(24-18(21-6)17(15)13(5)20)25-26-19(27)23-14-7-11(3)22-12(4)8-14/h7-10,20H,1-6H3,(H2,21,24,25)(H2,22,23,26,27). The third-order valence-electron chi connectivity index (χ3n) is 3.93. The number of carbonyl (C=O) groups is 1. The Kier molecular flexibility index (Phi) is 6.33. The monoisotopic (exact) mass is 369 g/mol. The van der Waals surface area contributed by atoms with Crippen molar-refractivity contribution in [3.8, 4) is 0 Å². The lowest BCUT2D eigenvalue weighted by molar-refractivity contribution is 0.254. The predicted octanol–water partition coefficient (Wildman–Crippen LogP) is 3.79. The highest BCUT2D eigenvalue weighted by Gasteiger charge is 2.16. The molecule has 0 spiro atoms. The van der Waals surface area contributed by atoms with Crippen LogP contribution < -0.4 is 21.5 Å². The first kappa shape index (κ1) is 20.2.